The number of aromatic amines is 1. The van der Waals surface area contributed by atoms with Gasteiger partial charge < -0.3 is 14.5 Å². The van der Waals surface area contributed by atoms with Crippen molar-refractivity contribution in [3.63, 3.8) is 0 Å². The number of aromatic nitrogens is 4. The van der Waals surface area contributed by atoms with Crippen molar-refractivity contribution in [2.24, 2.45) is 0 Å². The third-order valence-electron chi connectivity index (χ3n) is 3.65. The number of nitrogens with zero attached hydrogens (tertiary/aromatic N) is 4. The fourth-order valence-corrected chi connectivity index (χ4v) is 2.45. The zero-order chi connectivity index (χ0) is 15.7. The van der Waals surface area contributed by atoms with Crippen LogP contribution in [0.15, 0.2) is 35.4 Å². The van der Waals surface area contributed by atoms with Gasteiger partial charge in [0.2, 0.25) is 0 Å². The maximum absolute atomic E-state index is 12.2. The van der Waals surface area contributed by atoms with E-state index in [0.29, 0.717) is 30.0 Å². The average Bonchev–Trinajstić information content (AvgIpc) is 2.90. The van der Waals surface area contributed by atoms with Crippen LogP contribution in [0.25, 0.3) is 11.2 Å². The van der Waals surface area contributed by atoms with Crippen LogP contribution < -0.4 is 10.5 Å². The molecule has 22 heavy (non-hydrogen) atoms. The van der Waals surface area contributed by atoms with Crippen LogP contribution in [-0.2, 0) is 13.0 Å². The van der Waals surface area contributed by atoms with Crippen molar-refractivity contribution in [2.75, 3.05) is 19.0 Å². The third kappa shape index (κ3) is 2.59. The highest BCUT2D eigenvalue weighted by atomic mass is 16.1. The first-order valence-electron chi connectivity index (χ1n) is 7.28. The number of fused-ring (bicyclic) bond motifs is 1. The molecule has 0 aliphatic carbocycles. The van der Waals surface area contributed by atoms with E-state index in [4.69, 9.17) is 0 Å². The van der Waals surface area contributed by atoms with Gasteiger partial charge in [-0.1, -0.05) is 19.1 Å². The molecule has 0 unspecified atom stereocenters. The second-order valence-electron chi connectivity index (χ2n) is 5.48. The lowest BCUT2D eigenvalue weighted by Gasteiger charge is -2.13. The first-order valence-corrected chi connectivity index (χ1v) is 7.28. The number of rotatable bonds is 4. The molecule has 3 aromatic rings. The summed E-state index contributed by atoms with van der Waals surface area (Å²) in [4.78, 5) is 25.7. The molecule has 114 valence electrons. The predicted molar refractivity (Wildman–Crippen MR) is 87.4 cm³/mol. The minimum Gasteiger partial charge on any atom is -0.378 e. The summed E-state index contributed by atoms with van der Waals surface area (Å²) >= 11 is 0. The molecule has 0 aliphatic rings. The predicted octanol–water partition coefficient (Wildman–Crippen LogP) is 1.80. The number of hydrogen-bond donors (Lipinski definition) is 1. The molecule has 0 saturated heterocycles. The van der Waals surface area contributed by atoms with Gasteiger partial charge in [-0.15, -0.1) is 0 Å². The van der Waals surface area contributed by atoms with Gasteiger partial charge in [-0.2, -0.15) is 0 Å². The van der Waals surface area contributed by atoms with Gasteiger partial charge in [0.1, 0.15) is 5.82 Å². The van der Waals surface area contributed by atoms with Crippen molar-refractivity contribution in [1.29, 1.82) is 0 Å². The van der Waals surface area contributed by atoms with Crippen LogP contribution in [0, 0.1) is 0 Å². The minimum absolute atomic E-state index is 0.136. The standard InChI is InChI=1S/C16H19N5O/c1-4-13-18-15-14(16(22)19-13)21(10-17-15)9-11-6-5-7-12(8-11)20(2)3/h5-8,10H,4,9H2,1-3H3,(H,18,19,22). The number of anilines is 1. The average molecular weight is 297 g/mol. The lowest BCUT2D eigenvalue weighted by molar-refractivity contribution is 0.816. The first kappa shape index (κ1) is 14.3. The van der Waals surface area contributed by atoms with Gasteiger partial charge in [0.05, 0.1) is 6.33 Å². The molecule has 6 nitrogen and oxygen atoms in total. The molecule has 2 heterocycles. The molecule has 0 bridgehead atoms. The Labute approximate surface area is 128 Å². The maximum atomic E-state index is 12.2. The van der Waals surface area contributed by atoms with Gasteiger partial charge >= 0.3 is 0 Å². The van der Waals surface area contributed by atoms with Gasteiger partial charge in [0, 0.05) is 32.7 Å². The summed E-state index contributed by atoms with van der Waals surface area (Å²) in [5, 5.41) is 0. The van der Waals surface area contributed by atoms with Gasteiger partial charge in [-0.25, -0.2) is 9.97 Å². The fraction of sp³-hybridized carbons (Fsp3) is 0.312. The first-order chi connectivity index (χ1) is 10.6. The quantitative estimate of drug-likeness (QED) is 0.797. The van der Waals surface area contributed by atoms with Gasteiger partial charge in [-0.3, -0.25) is 4.79 Å². The van der Waals surface area contributed by atoms with E-state index in [9.17, 15) is 4.79 Å². The molecule has 0 atom stereocenters. The molecule has 0 aliphatic heterocycles. The highest BCUT2D eigenvalue weighted by Gasteiger charge is 2.10. The molecule has 1 N–H and O–H groups in total. The van der Waals surface area contributed by atoms with E-state index in [-0.39, 0.29) is 5.56 Å². The van der Waals surface area contributed by atoms with E-state index < -0.39 is 0 Å². The zero-order valence-corrected chi connectivity index (χ0v) is 13.0. The van der Waals surface area contributed by atoms with Gasteiger partial charge in [0.25, 0.3) is 5.56 Å². The molecule has 6 heteroatoms. The number of imidazole rings is 1. The summed E-state index contributed by atoms with van der Waals surface area (Å²) in [7, 11) is 4.01. The second kappa shape index (κ2) is 5.63. The molecule has 0 amide bonds. The van der Waals surface area contributed by atoms with Crippen LogP contribution in [0.3, 0.4) is 0 Å². The van der Waals surface area contributed by atoms with Crippen LogP contribution in [0.1, 0.15) is 18.3 Å². The molecule has 0 radical (unpaired) electrons. The monoisotopic (exact) mass is 297 g/mol. The lowest BCUT2D eigenvalue weighted by Crippen LogP contribution is -2.15. The molecule has 0 saturated carbocycles. The van der Waals surface area contributed by atoms with Crippen molar-refractivity contribution in [1.82, 2.24) is 19.5 Å². The van der Waals surface area contributed by atoms with Crippen molar-refractivity contribution in [3.05, 3.63) is 52.3 Å². The highest BCUT2D eigenvalue weighted by Crippen LogP contribution is 2.15. The Bertz CT molecular complexity index is 862. The van der Waals surface area contributed by atoms with E-state index in [1.165, 1.54) is 0 Å². The molecule has 1 aromatic carbocycles. The highest BCUT2D eigenvalue weighted by molar-refractivity contribution is 5.69. The number of nitrogens with one attached hydrogen (secondary N) is 1. The van der Waals surface area contributed by atoms with E-state index in [2.05, 4.69) is 32.0 Å². The molecule has 0 spiro atoms. The van der Waals surface area contributed by atoms with Crippen molar-refractivity contribution in [3.8, 4) is 0 Å². The summed E-state index contributed by atoms with van der Waals surface area (Å²) in [5.41, 5.74) is 3.13. The lowest BCUT2D eigenvalue weighted by atomic mass is 10.2. The molecule has 2 aromatic heterocycles. The smallest absolute Gasteiger partial charge is 0.277 e. The summed E-state index contributed by atoms with van der Waals surface area (Å²) in [6, 6.07) is 8.22. The van der Waals surface area contributed by atoms with Crippen LogP contribution >= 0.6 is 0 Å². The van der Waals surface area contributed by atoms with E-state index in [0.717, 1.165) is 11.3 Å². The van der Waals surface area contributed by atoms with Crippen molar-refractivity contribution in [2.45, 2.75) is 19.9 Å². The largest absolute Gasteiger partial charge is 0.378 e. The summed E-state index contributed by atoms with van der Waals surface area (Å²) in [5.74, 6) is 0.664. The Morgan fingerprint density at radius 2 is 2.14 bits per heavy atom. The van der Waals surface area contributed by atoms with E-state index in [1.54, 1.807) is 6.33 Å². The van der Waals surface area contributed by atoms with Gasteiger partial charge in [0.15, 0.2) is 11.2 Å². The molecular formula is C16H19N5O. The van der Waals surface area contributed by atoms with Gasteiger partial charge in [-0.05, 0) is 17.7 Å². The molecule has 3 rings (SSSR count). The van der Waals surface area contributed by atoms with Crippen molar-refractivity contribution >= 4 is 16.9 Å². The second-order valence-corrected chi connectivity index (χ2v) is 5.48. The number of aryl methyl sites for hydroxylation is 1. The van der Waals surface area contributed by atoms with Crippen LogP contribution in [0.4, 0.5) is 5.69 Å². The van der Waals surface area contributed by atoms with Crippen LogP contribution in [0.5, 0.6) is 0 Å². The summed E-state index contributed by atoms with van der Waals surface area (Å²) in [6.07, 6.45) is 2.36. The Balaban J connectivity index is 2.01. The summed E-state index contributed by atoms with van der Waals surface area (Å²) in [6.45, 7) is 2.54. The maximum Gasteiger partial charge on any atom is 0.277 e. The third-order valence-corrected chi connectivity index (χ3v) is 3.65. The minimum atomic E-state index is -0.136. The number of hydrogen-bond acceptors (Lipinski definition) is 4. The Morgan fingerprint density at radius 1 is 1.32 bits per heavy atom. The Morgan fingerprint density at radius 3 is 2.86 bits per heavy atom. The Hall–Kier alpha value is -2.63. The summed E-state index contributed by atoms with van der Waals surface area (Å²) < 4.78 is 1.84. The zero-order valence-electron chi connectivity index (χ0n) is 13.0. The Kier molecular flexibility index (Phi) is 3.66. The van der Waals surface area contributed by atoms with E-state index in [1.807, 2.05) is 37.7 Å². The number of H-pyrrole nitrogens is 1. The van der Waals surface area contributed by atoms with Crippen molar-refractivity contribution < 1.29 is 0 Å². The van der Waals surface area contributed by atoms with Crippen LogP contribution in [-0.4, -0.2) is 33.6 Å². The van der Waals surface area contributed by atoms with Crippen LogP contribution in [0.2, 0.25) is 0 Å². The number of benzene rings is 1. The molecule has 0 fully saturated rings. The molecular weight excluding hydrogens is 278 g/mol. The SMILES string of the molecule is CCc1nc2ncn(Cc3cccc(N(C)C)c3)c2c(=O)[nH]1. The fourth-order valence-electron chi connectivity index (χ4n) is 2.45. The topological polar surface area (TPSA) is 66.8 Å². The van der Waals surface area contributed by atoms with E-state index >= 15 is 0 Å². The normalized spacial score (nSPS) is 11.0.